The highest BCUT2D eigenvalue weighted by Crippen LogP contribution is 2.26. The Morgan fingerprint density at radius 1 is 0.577 bits per heavy atom. The van der Waals surface area contributed by atoms with Crippen molar-refractivity contribution >= 4 is 11.9 Å². The largest absolute Gasteiger partial charge is 0.454 e. The predicted molar refractivity (Wildman–Crippen MR) is 291 cm³/mol. The van der Waals surface area contributed by atoms with Gasteiger partial charge >= 0.3 is 5.97 Å². The van der Waals surface area contributed by atoms with E-state index in [1.807, 2.05) is 72.9 Å². The Kier molecular flexibility index (Phi) is 42.8. The number of rotatable bonds is 42. The minimum Gasteiger partial charge on any atom is -0.454 e. The summed E-state index contributed by atoms with van der Waals surface area (Å²) in [6.45, 7) is 5.40. The van der Waals surface area contributed by atoms with Crippen LogP contribution < -0.4 is 5.32 Å². The summed E-state index contributed by atoms with van der Waals surface area (Å²) in [7, 11) is 0. The average Bonchev–Trinajstić information content (AvgIpc) is 3.37. The lowest BCUT2D eigenvalue weighted by Crippen LogP contribution is -2.61. The van der Waals surface area contributed by atoms with Gasteiger partial charge in [-0.05, 0) is 77.0 Å². The van der Waals surface area contributed by atoms with Crippen molar-refractivity contribution in [3.63, 3.8) is 0 Å². The Morgan fingerprint density at radius 2 is 1.08 bits per heavy atom. The quantitative estimate of drug-likeness (QED) is 0.0149. The van der Waals surface area contributed by atoms with Crippen LogP contribution >= 0.6 is 0 Å². The van der Waals surface area contributed by atoms with Crippen LogP contribution in [0.25, 0.3) is 0 Å². The monoisotopic (exact) mass is 990 g/mol. The van der Waals surface area contributed by atoms with E-state index in [9.17, 15) is 35.1 Å². The third-order valence-corrected chi connectivity index (χ3v) is 11.7. The van der Waals surface area contributed by atoms with E-state index in [1.165, 1.54) is 51.4 Å². The van der Waals surface area contributed by atoms with Gasteiger partial charge in [0.2, 0.25) is 5.91 Å². The number of nitrogens with one attached hydrogen (secondary N) is 1. The molecule has 1 rings (SSSR count). The number of aliphatic hydroxyl groups excluding tert-OH is 5. The lowest BCUT2D eigenvalue weighted by atomic mass is 9.99. The molecule has 0 aliphatic carbocycles. The van der Waals surface area contributed by atoms with Gasteiger partial charge in [0.25, 0.3) is 0 Å². The van der Waals surface area contributed by atoms with E-state index in [0.717, 1.165) is 64.2 Å². The van der Waals surface area contributed by atoms with E-state index in [0.29, 0.717) is 19.3 Å². The fourth-order valence-corrected chi connectivity index (χ4v) is 7.42. The molecule has 1 heterocycles. The molecule has 11 heteroatoms. The molecule has 0 aromatic heterocycles. The van der Waals surface area contributed by atoms with Crippen LogP contribution in [0.3, 0.4) is 0 Å². The molecule has 1 aliphatic heterocycles. The smallest absolute Gasteiger partial charge is 0.306 e. The Labute approximate surface area is 429 Å². The first-order valence-electron chi connectivity index (χ1n) is 27.0. The first-order valence-corrected chi connectivity index (χ1v) is 27.0. The molecule has 1 fully saturated rings. The maximum atomic E-state index is 13.3. The summed E-state index contributed by atoms with van der Waals surface area (Å²) in [6, 6.07) is -1.08. The molecule has 0 saturated carbocycles. The number of hydrogen-bond acceptors (Lipinski definition) is 10. The van der Waals surface area contributed by atoms with Crippen LogP contribution in [0.2, 0.25) is 0 Å². The first kappa shape index (κ1) is 64.8. The molecule has 0 aromatic carbocycles. The highest BCUT2D eigenvalue weighted by atomic mass is 16.7. The Balaban J connectivity index is 2.86. The molecule has 71 heavy (non-hydrogen) atoms. The zero-order valence-electron chi connectivity index (χ0n) is 43.8. The molecule has 400 valence electrons. The standard InChI is InChI=1S/C60H95NO10/c1-4-7-10-13-16-19-22-25-26-27-28-30-33-36-39-42-45-48-55(65)71-58-57(67)56(66)54(49-62)70-60(58)69-50-51(52(63)46-43-40-37-34-32-29-23-20-17-14-11-8-5-2)61-59(68)53(64)47-44-41-38-35-31-24-21-18-15-12-9-6-3/h7,9-10,12,15-16,18-19,21,24-26,28,30-31,35-36,38-39,41,43,46,51-54,56-58,60,62-64,66-67H,4-6,8,11,13-14,17,20,22-23,27,29,32-34,37,40,42,44-45,47-50H2,1-3H3,(H,61,68)/b10-7-,12-9+,18-15+,19-16-,24-21-,26-25-,30-28-,35-31-,39-36-,41-38+,46-43+. The average molecular weight is 990 g/mol. The number of amides is 1. The summed E-state index contributed by atoms with van der Waals surface area (Å²) in [6.07, 6.45) is 55.2. The summed E-state index contributed by atoms with van der Waals surface area (Å²) >= 11 is 0. The number of esters is 1. The second-order valence-corrected chi connectivity index (χ2v) is 18.0. The fraction of sp³-hybridized carbons (Fsp3) is 0.600. The van der Waals surface area contributed by atoms with Crippen molar-refractivity contribution < 1.29 is 49.3 Å². The summed E-state index contributed by atoms with van der Waals surface area (Å²) in [4.78, 5) is 26.3. The minimum absolute atomic E-state index is 0.0281. The summed E-state index contributed by atoms with van der Waals surface area (Å²) in [5.41, 5.74) is 0. The first-order chi connectivity index (χ1) is 34.7. The molecule has 11 nitrogen and oxygen atoms in total. The van der Waals surface area contributed by atoms with Crippen molar-refractivity contribution in [3.8, 4) is 0 Å². The molecule has 0 bridgehead atoms. The van der Waals surface area contributed by atoms with Gasteiger partial charge in [0, 0.05) is 6.42 Å². The molecular weight excluding hydrogens is 895 g/mol. The molecule has 1 aliphatic rings. The summed E-state index contributed by atoms with van der Waals surface area (Å²) in [5.74, 6) is -1.35. The number of unbranched alkanes of at least 4 members (excludes halogenated alkanes) is 12. The molecule has 0 spiro atoms. The van der Waals surface area contributed by atoms with Crippen LogP contribution in [-0.2, 0) is 23.8 Å². The van der Waals surface area contributed by atoms with Crippen molar-refractivity contribution in [2.75, 3.05) is 13.2 Å². The molecule has 6 N–H and O–H groups in total. The third kappa shape index (κ3) is 35.5. The van der Waals surface area contributed by atoms with Crippen LogP contribution in [0.1, 0.15) is 168 Å². The zero-order chi connectivity index (χ0) is 51.8. The normalized spacial score (nSPS) is 20.7. The lowest BCUT2D eigenvalue weighted by molar-refractivity contribution is -0.305. The van der Waals surface area contributed by atoms with Crippen LogP contribution in [0, 0.1) is 0 Å². The second-order valence-electron chi connectivity index (χ2n) is 18.0. The zero-order valence-corrected chi connectivity index (χ0v) is 43.8. The van der Waals surface area contributed by atoms with E-state index in [-0.39, 0.29) is 19.4 Å². The third-order valence-electron chi connectivity index (χ3n) is 11.7. The van der Waals surface area contributed by atoms with Crippen molar-refractivity contribution in [1.29, 1.82) is 0 Å². The number of allylic oxidation sites excluding steroid dienone is 21. The van der Waals surface area contributed by atoms with Gasteiger partial charge in [-0.2, -0.15) is 0 Å². The minimum atomic E-state index is -1.66. The maximum Gasteiger partial charge on any atom is 0.306 e. The molecule has 0 radical (unpaired) electrons. The van der Waals surface area contributed by atoms with E-state index in [2.05, 4.69) is 80.8 Å². The van der Waals surface area contributed by atoms with Crippen molar-refractivity contribution in [3.05, 3.63) is 134 Å². The highest BCUT2D eigenvalue weighted by molar-refractivity contribution is 5.80. The van der Waals surface area contributed by atoms with Gasteiger partial charge in [-0.1, -0.05) is 219 Å². The topological polar surface area (TPSA) is 175 Å². The Morgan fingerprint density at radius 3 is 1.65 bits per heavy atom. The van der Waals surface area contributed by atoms with Gasteiger partial charge in [-0.3, -0.25) is 9.59 Å². The van der Waals surface area contributed by atoms with Crippen molar-refractivity contribution in [2.45, 2.75) is 217 Å². The Hall–Kier alpha value is -4.20. The summed E-state index contributed by atoms with van der Waals surface area (Å²) < 4.78 is 17.4. The SMILES string of the molecule is CC/C=C\C/C=C\C/C=C\C/C=C\C/C=C\CCCC(=O)OC1C(OCC(NC(=O)C(O)CC/C=C/C=C\C=C/C=C/C=C/CC)C(O)/C=C/CCCCCCCCCCCCC)OC(CO)C(O)C1O. The molecule has 1 saturated heterocycles. The van der Waals surface area contributed by atoms with Gasteiger partial charge in [0.1, 0.15) is 24.4 Å². The van der Waals surface area contributed by atoms with E-state index < -0.39 is 67.4 Å². The molecular formula is C60H95NO10. The molecule has 8 atom stereocenters. The maximum absolute atomic E-state index is 13.3. The van der Waals surface area contributed by atoms with Crippen LogP contribution in [-0.4, -0.2) is 99.6 Å². The van der Waals surface area contributed by atoms with Gasteiger partial charge < -0.3 is 45.1 Å². The van der Waals surface area contributed by atoms with E-state index in [4.69, 9.17) is 14.2 Å². The van der Waals surface area contributed by atoms with Crippen molar-refractivity contribution in [1.82, 2.24) is 5.32 Å². The lowest BCUT2D eigenvalue weighted by Gasteiger charge is -2.41. The number of aliphatic hydroxyl groups is 5. The van der Waals surface area contributed by atoms with Crippen LogP contribution in [0.15, 0.2) is 134 Å². The van der Waals surface area contributed by atoms with Crippen LogP contribution in [0.4, 0.5) is 0 Å². The van der Waals surface area contributed by atoms with Crippen molar-refractivity contribution in [2.24, 2.45) is 0 Å². The molecule has 1 amide bonds. The van der Waals surface area contributed by atoms with Gasteiger partial charge in [0.15, 0.2) is 12.4 Å². The van der Waals surface area contributed by atoms with Gasteiger partial charge in [0.05, 0.1) is 25.4 Å². The van der Waals surface area contributed by atoms with Gasteiger partial charge in [-0.25, -0.2) is 0 Å². The predicted octanol–water partition coefficient (Wildman–Crippen LogP) is 11.7. The second kappa shape index (κ2) is 46.8. The van der Waals surface area contributed by atoms with Crippen LogP contribution in [0.5, 0.6) is 0 Å². The number of hydrogen-bond donors (Lipinski definition) is 6. The molecule has 8 unspecified atom stereocenters. The number of carbonyl (C=O) groups excluding carboxylic acids is 2. The van der Waals surface area contributed by atoms with Gasteiger partial charge in [-0.15, -0.1) is 0 Å². The Bertz CT molecular complexity index is 1650. The van der Waals surface area contributed by atoms with E-state index >= 15 is 0 Å². The number of carbonyl (C=O) groups is 2. The van der Waals surface area contributed by atoms with E-state index in [1.54, 1.807) is 6.08 Å². The molecule has 0 aromatic rings. The number of ether oxygens (including phenoxy) is 3. The highest BCUT2D eigenvalue weighted by Gasteiger charge is 2.47. The summed E-state index contributed by atoms with van der Waals surface area (Å²) in [5, 5.41) is 56.5. The fourth-order valence-electron chi connectivity index (χ4n) is 7.42.